The Morgan fingerprint density at radius 3 is 2.53 bits per heavy atom. The minimum Gasteiger partial charge on any atom is -0.352 e. The van der Waals surface area contributed by atoms with Crippen molar-refractivity contribution in [3.05, 3.63) is 0 Å². The lowest BCUT2D eigenvalue weighted by molar-refractivity contribution is -0.121. The second-order valence-corrected chi connectivity index (χ2v) is 5.35. The molecule has 0 atom stereocenters. The second-order valence-electron chi connectivity index (χ2n) is 5.35. The van der Waals surface area contributed by atoms with Gasteiger partial charge in [-0.25, -0.2) is 0 Å². The Morgan fingerprint density at radius 1 is 1.24 bits per heavy atom. The monoisotopic (exact) mass is 239 g/mol. The first kappa shape index (κ1) is 12.8. The summed E-state index contributed by atoms with van der Waals surface area (Å²) in [6.45, 7) is 7.07. The first-order valence-corrected chi connectivity index (χ1v) is 7.00. The van der Waals surface area contributed by atoms with E-state index in [1.165, 1.54) is 12.8 Å². The number of hydrogen-bond donors (Lipinski definition) is 2. The summed E-state index contributed by atoms with van der Waals surface area (Å²) in [5.41, 5.74) is 0. The van der Waals surface area contributed by atoms with Gasteiger partial charge < -0.3 is 15.5 Å². The van der Waals surface area contributed by atoms with Crippen LogP contribution in [0.3, 0.4) is 0 Å². The number of likely N-dealkylation sites (tertiary alicyclic amines) is 1. The molecule has 2 aliphatic rings. The molecule has 4 nitrogen and oxygen atoms in total. The Kier molecular flexibility index (Phi) is 4.80. The molecular weight excluding hydrogens is 214 g/mol. The lowest BCUT2D eigenvalue weighted by Crippen LogP contribution is -2.46. The quantitative estimate of drug-likeness (QED) is 0.713. The SMILES string of the molecule is CCN1CCC(NC(=O)CNCC2CC2)CC1. The highest BCUT2D eigenvalue weighted by Crippen LogP contribution is 2.27. The average molecular weight is 239 g/mol. The zero-order valence-electron chi connectivity index (χ0n) is 10.9. The molecule has 0 bridgehead atoms. The first-order chi connectivity index (χ1) is 8.28. The van der Waals surface area contributed by atoms with E-state index in [1.54, 1.807) is 0 Å². The zero-order chi connectivity index (χ0) is 12.1. The average Bonchev–Trinajstić information content (AvgIpc) is 3.14. The third kappa shape index (κ3) is 4.64. The van der Waals surface area contributed by atoms with E-state index in [-0.39, 0.29) is 5.91 Å². The molecule has 2 N–H and O–H groups in total. The zero-order valence-corrected chi connectivity index (χ0v) is 10.9. The van der Waals surface area contributed by atoms with E-state index in [4.69, 9.17) is 0 Å². The van der Waals surface area contributed by atoms with Crippen LogP contribution in [0.15, 0.2) is 0 Å². The molecule has 1 heterocycles. The van der Waals surface area contributed by atoms with E-state index >= 15 is 0 Å². The Labute approximate surface area is 104 Å². The molecule has 0 spiro atoms. The summed E-state index contributed by atoms with van der Waals surface area (Å²) in [6.07, 6.45) is 4.87. The third-order valence-electron chi connectivity index (χ3n) is 3.82. The molecule has 98 valence electrons. The van der Waals surface area contributed by atoms with E-state index in [9.17, 15) is 4.79 Å². The highest BCUT2D eigenvalue weighted by molar-refractivity contribution is 5.78. The van der Waals surface area contributed by atoms with E-state index < -0.39 is 0 Å². The molecule has 0 aromatic rings. The van der Waals surface area contributed by atoms with Gasteiger partial charge in [-0.05, 0) is 44.7 Å². The van der Waals surface area contributed by atoms with Crippen LogP contribution in [0.5, 0.6) is 0 Å². The van der Waals surface area contributed by atoms with Gasteiger partial charge in [0.05, 0.1) is 6.54 Å². The fourth-order valence-electron chi connectivity index (χ4n) is 2.38. The van der Waals surface area contributed by atoms with Gasteiger partial charge in [-0.3, -0.25) is 4.79 Å². The Balaban J connectivity index is 1.55. The predicted octanol–water partition coefficient (Wildman–Crippen LogP) is 0.587. The lowest BCUT2D eigenvalue weighted by Gasteiger charge is -2.31. The maximum atomic E-state index is 11.7. The van der Waals surface area contributed by atoms with Gasteiger partial charge >= 0.3 is 0 Å². The van der Waals surface area contributed by atoms with Gasteiger partial charge in [0.2, 0.25) is 5.91 Å². The number of nitrogens with one attached hydrogen (secondary N) is 2. The van der Waals surface area contributed by atoms with E-state index in [1.807, 2.05) is 0 Å². The number of piperidine rings is 1. The van der Waals surface area contributed by atoms with Crippen LogP contribution in [0.4, 0.5) is 0 Å². The molecule has 1 saturated carbocycles. The highest BCUT2D eigenvalue weighted by atomic mass is 16.1. The van der Waals surface area contributed by atoms with Gasteiger partial charge in [0.15, 0.2) is 0 Å². The molecule has 2 fully saturated rings. The largest absolute Gasteiger partial charge is 0.352 e. The maximum Gasteiger partial charge on any atom is 0.234 e. The van der Waals surface area contributed by atoms with Gasteiger partial charge in [-0.15, -0.1) is 0 Å². The van der Waals surface area contributed by atoms with Crippen LogP contribution in [0.2, 0.25) is 0 Å². The minimum absolute atomic E-state index is 0.167. The number of carbonyl (C=O) groups excluding carboxylic acids is 1. The molecule has 0 unspecified atom stereocenters. The molecule has 2 rings (SSSR count). The number of hydrogen-bond acceptors (Lipinski definition) is 3. The molecular formula is C13H25N3O. The molecule has 0 aromatic carbocycles. The number of carbonyl (C=O) groups is 1. The standard InChI is InChI=1S/C13H25N3O/c1-2-16-7-5-12(6-8-16)15-13(17)10-14-9-11-3-4-11/h11-12,14H,2-10H2,1H3,(H,15,17). The molecule has 17 heavy (non-hydrogen) atoms. The van der Waals surface area contributed by atoms with Crippen molar-refractivity contribution in [1.82, 2.24) is 15.5 Å². The van der Waals surface area contributed by atoms with Gasteiger partial charge in [0, 0.05) is 19.1 Å². The Morgan fingerprint density at radius 2 is 1.94 bits per heavy atom. The van der Waals surface area contributed by atoms with Gasteiger partial charge in [-0.2, -0.15) is 0 Å². The van der Waals surface area contributed by atoms with Gasteiger partial charge in [-0.1, -0.05) is 6.92 Å². The summed E-state index contributed by atoms with van der Waals surface area (Å²) in [7, 11) is 0. The van der Waals surface area contributed by atoms with Crippen molar-refractivity contribution in [2.24, 2.45) is 5.92 Å². The predicted molar refractivity (Wildman–Crippen MR) is 68.9 cm³/mol. The van der Waals surface area contributed by atoms with Crippen molar-refractivity contribution in [2.45, 2.75) is 38.6 Å². The summed E-state index contributed by atoms with van der Waals surface area (Å²) >= 11 is 0. The van der Waals surface area contributed by atoms with Crippen molar-refractivity contribution in [1.29, 1.82) is 0 Å². The fraction of sp³-hybridized carbons (Fsp3) is 0.923. The van der Waals surface area contributed by atoms with Crippen LogP contribution in [-0.4, -0.2) is 49.6 Å². The third-order valence-corrected chi connectivity index (χ3v) is 3.82. The van der Waals surface area contributed by atoms with Crippen molar-refractivity contribution in [3.8, 4) is 0 Å². The van der Waals surface area contributed by atoms with Gasteiger partial charge in [0.25, 0.3) is 0 Å². The van der Waals surface area contributed by atoms with Crippen LogP contribution < -0.4 is 10.6 Å². The van der Waals surface area contributed by atoms with Crippen molar-refractivity contribution in [2.75, 3.05) is 32.7 Å². The molecule has 1 aliphatic heterocycles. The number of amides is 1. The van der Waals surface area contributed by atoms with Crippen LogP contribution in [0.1, 0.15) is 32.6 Å². The van der Waals surface area contributed by atoms with Crippen LogP contribution in [0.25, 0.3) is 0 Å². The highest BCUT2D eigenvalue weighted by Gasteiger charge is 2.22. The second kappa shape index (κ2) is 6.36. The molecule has 0 radical (unpaired) electrons. The Hall–Kier alpha value is -0.610. The first-order valence-electron chi connectivity index (χ1n) is 7.00. The van der Waals surface area contributed by atoms with Crippen molar-refractivity contribution in [3.63, 3.8) is 0 Å². The fourth-order valence-corrected chi connectivity index (χ4v) is 2.38. The summed E-state index contributed by atoms with van der Waals surface area (Å²) in [6, 6.07) is 0.396. The molecule has 4 heteroatoms. The number of nitrogens with zero attached hydrogens (tertiary/aromatic N) is 1. The van der Waals surface area contributed by atoms with E-state index in [2.05, 4.69) is 22.5 Å². The van der Waals surface area contributed by atoms with Crippen molar-refractivity contribution >= 4 is 5.91 Å². The van der Waals surface area contributed by atoms with Gasteiger partial charge in [0.1, 0.15) is 0 Å². The summed E-state index contributed by atoms with van der Waals surface area (Å²) in [5, 5.41) is 6.36. The van der Waals surface area contributed by atoms with E-state index in [0.717, 1.165) is 44.9 Å². The Bertz CT molecular complexity index is 245. The smallest absolute Gasteiger partial charge is 0.234 e. The molecule has 1 aliphatic carbocycles. The van der Waals surface area contributed by atoms with Crippen LogP contribution in [0, 0.1) is 5.92 Å². The summed E-state index contributed by atoms with van der Waals surface area (Å²) < 4.78 is 0. The minimum atomic E-state index is 0.167. The van der Waals surface area contributed by atoms with Crippen molar-refractivity contribution < 1.29 is 4.79 Å². The van der Waals surface area contributed by atoms with E-state index in [0.29, 0.717) is 12.6 Å². The molecule has 0 aromatic heterocycles. The molecule has 1 saturated heterocycles. The number of rotatable bonds is 6. The van der Waals surface area contributed by atoms with Crippen LogP contribution >= 0.6 is 0 Å². The summed E-state index contributed by atoms with van der Waals surface area (Å²) in [5.74, 6) is 1.01. The lowest BCUT2D eigenvalue weighted by atomic mass is 10.1. The topological polar surface area (TPSA) is 44.4 Å². The molecule has 1 amide bonds. The van der Waals surface area contributed by atoms with Crippen LogP contribution in [-0.2, 0) is 4.79 Å². The maximum absolute atomic E-state index is 11.7. The summed E-state index contributed by atoms with van der Waals surface area (Å²) in [4.78, 5) is 14.1. The normalized spacial score (nSPS) is 22.6.